The molecular formula is C27H24F3N2O. The lowest BCUT2D eigenvalue weighted by atomic mass is 9.96. The number of hydrogen-bond acceptors (Lipinski definition) is 2. The summed E-state index contributed by atoms with van der Waals surface area (Å²) >= 11 is 0. The van der Waals surface area contributed by atoms with Gasteiger partial charge in [-0.1, -0.05) is 50.2 Å². The van der Waals surface area contributed by atoms with Crippen LogP contribution in [-0.2, 0) is 11.0 Å². The highest BCUT2D eigenvalue weighted by Gasteiger charge is 2.30. The van der Waals surface area contributed by atoms with E-state index >= 15 is 0 Å². The minimum absolute atomic E-state index is 0.00522. The van der Waals surface area contributed by atoms with Gasteiger partial charge in [-0.3, -0.25) is 9.48 Å². The van der Waals surface area contributed by atoms with E-state index in [0.29, 0.717) is 17.0 Å². The van der Waals surface area contributed by atoms with Crippen molar-refractivity contribution in [1.82, 2.24) is 9.78 Å². The Kier molecular flexibility index (Phi) is 6.11. The Balaban J connectivity index is 1.72. The number of halogens is 3. The first-order chi connectivity index (χ1) is 15.7. The van der Waals surface area contributed by atoms with Crippen LogP contribution in [0.25, 0.3) is 22.0 Å². The second-order valence-electron chi connectivity index (χ2n) is 8.78. The molecule has 1 atom stereocenters. The van der Waals surface area contributed by atoms with E-state index in [4.69, 9.17) is 5.10 Å². The van der Waals surface area contributed by atoms with E-state index < -0.39 is 11.7 Å². The molecule has 3 aromatic carbocycles. The third-order valence-corrected chi connectivity index (χ3v) is 5.81. The number of hydrogen-bond donors (Lipinski definition) is 0. The Bertz CT molecular complexity index is 1290. The second kappa shape index (κ2) is 8.85. The maximum Gasteiger partial charge on any atom is 0.416 e. The SMILES string of the molecule is Cc1cc(C(F)(F)F)ccc1-c1ccc2nn(C(CC(C)C)c3ccc([C]=O)cc3)cc2c1. The lowest BCUT2D eigenvalue weighted by Gasteiger charge is -2.20. The van der Waals surface area contributed by atoms with Crippen molar-refractivity contribution < 1.29 is 18.0 Å². The third kappa shape index (κ3) is 4.85. The molecular weight excluding hydrogens is 425 g/mol. The van der Waals surface area contributed by atoms with Gasteiger partial charge in [-0.15, -0.1) is 0 Å². The standard InChI is InChI=1S/C27H24F3N2O/c1-17(2)12-26(20-6-4-19(16-33)5-7-20)32-15-22-14-21(8-11-25(22)31-32)24-10-9-23(13-18(24)3)27(28,29)30/h4-11,13-15,17,26H,12H2,1-3H3. The fraction of sp³-hybridized carbons (Fsp3) is 0.259. The fourth-order valence-electron chi connectivity index (χ4n) is 4.15. The van der Waals surface area contributed by atoms with Crippen molar-refractivity contribution in [3.8, 4) is 11.1 Å². The van der Waals surface area contributed by atoms with Crippen LogP contribution < -0.4 is 0 Å². The molecule has 0 N–H and O–H groups in total. The maximum absolute atomic E-state index is 13.0. The van der Waals surface area contributed by atoms with E-state index in [9.17, 15) is 18.0 Å². The first kappa shape index (κ1) is 22.8. The number of aromatic nitrogens is 2. The number of aryl methyl sites for hydroxylation is 1. The molecule has 0 spiro atoms. The molecule has 6 heteroatoms. The lowest BCUT2D eigenvalue weighted by molar-refractivity contribution is -0.137. The zero-order valence-electron chi connectivity index (χ0n) is 18.6. The Hall–Kier alpha value is -3.41. The topological polar surface area (TPSA) is 34.9 Å². The van der Waals surface area contributed by atoms with Gasteiger partial charge in [0.2, 0.25) is 6.29 Å². The van der Waals surface area contributed by atoms with Crippen molar-refractivity contribution in [3.63, 3.8) is 0 Å². The molecule has 0 aliphatic heterocycles. The molecule has 1 unspecified atom stereocenters. The lowest BCUT2D eigenvalue weighted by Crippen LogP contribution is -2.14. The quantitative estimate of drug-likeness (QED) is 0.314. The summed E-state index contributed by atoms with van der Waals surface area (Å²) in [4.78, 5) is 10.9. The number of fused-ring (bicyclic) bond motifs is 1. The molecule has 4 rings (SSSR count). The van der Waals surface area contributed by atoms with Gasteiger partial charge in [0.25, 0.3) is 0 Å². The molecule has 0 bridgehead atoms. The van der Waals surface area contributed by atoms with Crippen LogP contribution >= 0.6 is 0 Å². The fourth-order valence-corrected chi connectivity index (χ4v) is 4.15. The molecule has 1 heterocycles. The minimum Gasteiger partial charge on any atom is -0.285 e. The summed E-state index contributed by atoms with van der Waals surface area (Å²) in [6.07, 6.45) is 0.380. The van der Waals surface area contributed by atoms with Gasteiger partial charge in [0.1, 0.15) is 0 Å². The van der Waals surface area contributed by atoms with Gasteiger partial charge in [-0.25, -0.2) is 0 Å². The first-order valence-electron chi connectivity index (χ1n) is 10.8. The highest BCUT2D eigenvalue weighted by atomic mass is 19.4. The van der Waals surface area contributed by atoms with Crippen molar-refractivity contribution in [2.24, 2.45) is 5.92 Å². The van der Waals surface area contributed by atoms with Gasteiger partial charge in [-0.05, 0) is 65.8 Å². The Morgan fingerprint density at radius 2 is 1.73 bits per heavy atom. The molecule has 33 heavy (non-hydrogen) atoms. The van der Waals surface area contributed by atoms with Crippen LogP contribution in [0.5, 0.6) is 0 Å². The van der Waals surface area contributed by atoms with Crippen molar-refractivity contribution in [3.05, 3.63) is 89.1 Å². The number of rotatable bonds is 6. The van der Waals surface area contributed by atoms with Crippen molar-refractivity contribution in [2.45, 2.75) is 39.4 Å². The predicted octanol–water partition coefficient (Wildman–Crippen LogP) is 7.12. The van der Waals surface area contributed by atoms with E-state index in [0.717, 1.165) is 40.1 Å². The third-order valence-electron chi connectivity index (χ3n) is 5.81. The molecule has 0 fully saturated rings. The molecule has 0 saturated carbocycles. The molecule has 1 aromatic heterocycles. The van der Waals surface area contributed by atoms with E-state index in [1.165, 1.54) is 12.1 Å². The van der Waals surface area contributed by atoms with Crippen LogP contribution in [0.15, 0.2) is 66.9 Å². The van der Waals surface area contributed by atoms with Crippen molar-refractivity contribution in [1.29, 1.82) is 0 Å². The summed E-state index contributed by atoms with van der Waals surface area (Å²) in [5.41, 5.74) is 3.90. The summed E-state index contributed by atoms with van der Waals surface area (Å²) in [5, 5.41) is 5.69. The maximum atomic E-state index is 13.0. The van der Waals surface area contributed by atoms with Gasteiger partial charge in [0.15, 0.2) is 0 Å². The number of nitrogens with zero attached hydrogens (tertiary/aromatic N) is 2. The van der Waals surface area contributed by atoms with Gasteiger partial charge in [0, 0.05) is 17.1 Å². The largest absolute Gasteiger partial charge is 0.416 e. The summed E-state index contributed by atoms with van der Waals surface area (Å²) in [5.74, 6) is 0.421. The Labute approximate surface area is 190 Å². The molecule has 0 aliphatic carbocycles. The first-order valence-corrected chi connectivity index (χ1v) is 10.8. The summed E-state index contributed by atoms with van der Waals surface area (Å²) in [6, 6.07) is 16.9. The number of carbonyl (C=O) groups excluding carboxylic acids is 1. The molecule has 0 amide bonds. The van der Waals surface area contributed by atoms with Gasteiger partial charge < -0.3 is 0 Å². The van der Waals surface area contributed by atoms with E-state index in [1.807, 2.05) is 47.5 Å². The van der Waals surface area contributed by atoms with E-state index in [1.54, 1.807) is 19.1 Å². The summed E-state index contributed by atoms with van der Waals surface area (Å²) in [6.45, 7) is 5.99. The zero-order valence-corrected chi connectivity index (χ0v) is 18.6. The normalized spacial score (nSPS) is 12.9. The molecule has 169 valence electrons. The predicted molar refractivity (Wildman–Crippen MR) is 124 cm³/mol. The van der Waals surface area contributed by atoms with Gasteiger partial charge >= 0.3 is 6.18 Å². The summed E-state index contributed by atoms with van der Waals surface area (Å²) < 4.78 is 41.0. The molecule has 3 nitrogen and oxygen atoms in total. The number of benzene rings is 3. The van der Waals surface area contributed by atoms with Crippen LogP contribution in [0.2, 0.25) is 0 Å². The zero-order chi connectivity index (χ0) is 23.8. The van der Waals surface area contributed by atoms with Gasteiger partial charge in [-0.2, -0.15) is 18.3 Å². The molecule has 0 aliphatic rings. The summed E-state index contributed by atoms with van der Waals surface area (Å²) in [7, 11) is 0. The van der Waals surface area contributed by atoms with Crippen molar-refractivity contribution >= 4 is 17.2 Å². The Morgan fingerprint density at radius 1 is 1.00 bits per heavy atom. The van der Waals surface area contributed by atoms with Crippen LogP contribution in [0, 0.1) is 12.8 Å². The monoisotopic (exact) mass is 449 g/mol. The van der Waals surface area contributed by atoms with E-state index in [-0.39, 0.29) is 6.04 Å². The van der Waals surface area contributed by atoms with Crippen LogP contribution in [0.4, 0.5) is 13.2 Å². The highest BCUT2D eigenvalue weighted by Crippen LogP contribution is 2.34. The van der Waals surface area contributed by atoms with E-state index in [2.05, 4.69) is 13.8 Å². The smallest absolute Gasteiger partial charge is 0.285 e. The Morgan fingerprint density at radius 3 is 2.33 bits per heavy atom. The van der Waals surface area contributed by atoms with Crippen LogP contribution in [0.3, 0.4) is 0 Å². The highest BCUT2D eigenvalue weighted by molar-refractivity contribution is 5.85. The molecule has 1 radical (unpaired) electrons. The molecule has 0 saturated heterocycles. The molecule has 4 aromatic rings. The minimum atomic E-state index is -4.36. The number of alkyl halides is 3. The van der Waals surface area contributed by atoms with Crippen molar-refractivity contribution in [2.75, 3.05) is 0 Å². The average Bonchev–Trinajstić information content (AvgIpc) is 3.20. The van der Waals surface area contributed by atoms with Crippen LogP contribution in [0.1, 0.15) is 48.6 Å². The van der Waals surface area contributed by atoms with Gasteiger partial charge in [0.05, 0.1) is 17.1 Å². The van der Waals surface area contributed by atoms with Crippen LogP contribution in [-0.4, -0.2) is 16.1 Å². The second-order valence-corrected chi connectivity index (χ2v) is 8.78. The average molecular weight is 449 g/mol.